The summed E-state index contributed by atoms with van der Waals surface area (Å²) in [5.74, 6) is 1.84. The van der Waals surface area contributed by atoms with Crippen molar-refractivity contribution in [1.82, 2.24) is 9.62 Å². The molecule has 7 heteroatoms. The molecule has 1 amide bonds. The molecule has 0 unspecified atom stereocenters. The smallest absolute Gasteiger partial charge is 0.226 e. The molecule has 6 nitrogen and oxygen atoms in total. The average molecular weight is 387 g/mol. The lowest BCUT2D eigenvalue weighted by Gasteiger charge is -2.34. The Morgan fingerprint density at radius 1 is 1.12 bits per heavy atom. The van der Waals surface area contributed by atoms with E-state index in [9.17, 15) is 13.2 Å². The highest BCUT2D eigenvalue weighted by Gasteiger charge is 2.43. The van der Waals surface area contributed by atoms with Crippen molar-refractivity contribution < 1.29 is 17.9 Å². The lowest BCUT2D eigenvalue weighted by atomic mass is 9.80. The SMILES string of the molecule is CC(C)C1CCC(OC[C@H]2[C@@H](NS(C)(=O)=O)CCN2C(=O)C2CC2)CC1. The molecule has 1 aliphatic heterocycles. The van der Waals surface area contributed by atoms with Crippen molar-refractivity contribution in [2.75, 3.05) is 19.4 Å². The Balaban J connectivity index is 1.58. The van der Waals surface area contributed by atoms with Crippen LogP contribution in [0.15, 0.2) is 0 Å². The predicted molar refractivity (Wildman–Crippen MR) is 101 cm³/mol. The van der Waals surface area contributed by atoms with Crippen LogP contribution in [0.1, 0.15) is 58.8 Å². The molecule has 3 rings (SSSR count). The number of hydrogen-bond donors (Lipinski definition) is 1. The summed E-state index contributed by atoms with van der Waals surface area (Å²) in [6, 6.07) is -0.416. The number of rotatable bonds is 7. The van der Waals surface area contributed by atoms with Gasteiger partial charge in [0.15, 0.2) is 0 Å². The number of nitrogens with zero attached hydrogens (tertiary/aromatic N) is 1. The lowest BCUT2D eigenvalue weighted by molar-refractivity contribution is -0.135. The molecule has 3 aliphatic rings. The Bertz CT molecular complexity index is 595. The van der Waals surface area contributed by atoms with Crippen LogP contribution in [0.3, 0.4) is 0 Å². The molecule has 2 atom stereocenters. The van der Waals surface area contributed by atoms with Crippen LogP contribution in [0, 0.1) is 17.8 Å². The maximum atomic E-state index is 12.6. The molecule has 0 aromatic heterocycles. The zero-order chi connectivity index (χ0) is 18.9. The Hall–Kier alpha value is -0.660. The number of hydrogen-bond acceptors (Lipinski definition) is 4. The fourth-order valence-corrected chi connectivity index (χ4v) is 5.29. The number of nitrogens with one attached hydrogen (secondary N) is 1. The van der Waals surface area contributed by atoms with Crippen molar-refractivity contribution in [2.45, 2.75) is 77.0 Å². The largest absolute Gasteiger partial charge is 0.376 e. The van der Waals surface area contributed by atoms with Crippen molar-refractivity contribution >= 4 is 15.9 Å². The van der Waals surface area contributed by atoms with Gasteiger partial charge in [0, 0.05) is 18.5 Å². The van der Waals surface area contributed by atoms with Gasteiger partial charge in [0.2, 0.25) is 15.9 Å². The summed E-state index contributed by atoms with van der Waals surface area (Å²) in [5.41, 5.74) is 0. The van der Waals surface area contributed by atoms with Gasteiger partial charge in [0.05, 0.1) is 25.0 Å². The average Bonchev–Trinajstić information content (AvgIpc) is 3.34. The van der Waals surface area contributed by atoms with Crippen molar-refractivity contribution in [2.24, 2.45) is 17.8 Å². The number of ether oxygens (including phenoxy) is 1. The van der Waals surface area contributed by atoms with Crippen LogP contribution in [0.5, 0.6) is 0 Å². The van der Waals surface area contributed by atoms with Gasteiger partial charge >= 0.3 is 0 Å². The van der Waals surface area contributed by atoms with E-state index >= 15 is 0 Å². The molecule has 0 aromatic rings. The normalized spacial score (nSPS) is 33.0. The highest BCUT2D eigenvalue weighted by Crippen LogP contribution is 2.35. The number of amides is 1. The molecule has 0 bridgehead atoms. The lowest BCUT2D eigenvalue weighted by Crippen LogP contribution is -2.49. The first kappa shape index (κ1) is 20.1. The van der Waals surface area contributed by atoms with Crippen LogP contribution in [-0.2, 0) is 19.6 Å². The summed E-state index contributed by atoms with van der Waals surface area (Å²) in [4.78, 5) is 14.5. The molecule has 0 spiro atoms. The van der Waals surface area contributed by atoms with Gasteiger partial charge in [0.1, 0.15) is 0 Å². The van der Waals surface area contributed by atoms with E-state index in [0.717, 1.165) is 37.5 Å². The van der Waals surface area contributed by atoms with Gasteiger partial charge in [-0.3, -0.25) is 4.79 Å². The van der Waals surface area contributed by atoms with Gasteiger partial charge < -0.3 is 9.64 Å². The monoisotopic (exact) mass is 386 g/mol. The molecular weight excluding hydrogens is 352 g/mol. The molecule has 150 valence electrons. The van der Waals surface area contributed by atoms with Crippen molar-refractivity contribution in [3.63, 3.8) is 0 Å². The minimum atomic E-state index is -3.30. The third-order valence-corrected chi connectivity index (χ3v) is 7.02. The maximum Gasteiger partial charge on any atom is 0.226 e. The van der Waals surface area contributed by atoms with Crippen LogP contribution in [0.4, 0.5) is 0 Å². The molecule has 26 heavy (non-hydrogen) atoms. The first-order valence-corrected chi connectivity index (χ1v) is 12.0. The number of sulfonamides is 1. The summed E-state index contributed by atoms with van der Waals surface area (Å²) in [6.45, 7) is 5.62. The third kappa shape index (κ3) is 5.20. The summed E-state index contributed by atoms with van der Waals surface area (Å²) >= 11 is 0. The van der Waals surface area contributed by atoms with Crippen LogP contribution in [0.25, 0.3) is 0 Å². The topological polar surface area (TPSA) is 75.7 Å². The second kappa shape index (κ2) is 8.15. The van der Waals surface area contributed by atoms with E-state index in [4.69, 9.17) is 4.74 Å². The molecular formula is C19H34N2O4S. The van der Waals surface area contributed by atoms with E-state index in [-0.39, 0.29) is 30.0 Å². The van der Waals surface area contributed by atoms with Crippen molar-refractivity contribution in [1.29, 1.82) is 0 Å². The Labute approximate surface area is 158 Å². The van der Waals surface area contributed by atoms with E-state index in [1.807, 2.05) is 4.90 Å². The second-order valence-corrected chi connectivity index (χ2v) is 10.6. The van der Waals surface area contributed by atoms with E-state index in [1.54, 1.807) is 0 Å². The van der Waals surface area contributed by atoms with Crippen LogP contribution in [-0.4, -0.2) is 56.8 Å². The highest BCUT2D eigenvalue weighted by atomic mass is 32.2. The van der Waals surface area contributed by atoms with E-state index in [1.165, 1.54) is 19.1 Å². The zero-order valence-electron chi connectivity index (χ0n) is 16.3. The molecule has 1 saturated heterocycles. The van der Waals surface area contributed by atoms with E-state index in [0.29, 0.717) is 19.6 Å². The quantitative estimate of drug-likeness (QED) is 0.727. The number of carbonyl (C=O) groups excluding carboxylic acids is 1. The maximum absolute atomic E-state index is 12.6. The van der Waals surface area contributed by atoms with Gasteiger partial charge in [-0.05, 0) is 56.8 Å². The Morgan fingerprint density at radius 2 is 1.77 bits per heavy atom. The summed E-state index contributed by atoms with van der Waals surface area (Å²) in [6.07, 6.45) is 8.54. The summed E-state index contributed by atoms with van der Waals surface area (Å²) in [7, 11) is -3.30. The highest BCUT2D eigenvalue weighted by molar-refractivity contribution is 7.88. The Kier molecular flexibility index (Phi) is 6.29. The fourth-order valence-electron chi connectivity index (χ4n) is 4.47. The Morgan fingerprint density at radius 3 is 2.31 bits per heavy atom. The van der Waals surface area contributed by atoms with Gasteiger partial charge in [-0.15, -0.1) is 0 Å². The molecule has 2 aliphatic carbocycles. The predicted octanol–water partition coefficient (Wildman–Crippen LogP) is 2.15. The van der Waals surface area contributed by atoms with E-state index in [2.05, 4.69) is 18.6 Å². The first-order valence-electron chi connectivity index (χ1n) is 10.1. The number of likely N-dealkylation sites (tertiary alicyclic amines) is 1. The van der Waals surface area contributed by atoms with Gasteiger partial charge in [-0.1, -0.05) is 13.8 Å². The van der Waals surface area contributed by atoms with Gasteiger partial charge in [0.25, 0.3) is 0 Å². The fraction of sp³-hybridized carbons (Fsp3) is 0.947. The van der Waals surface area contributed by atoms with Crippen molar-refractivity contribution in [3.8, 4) is 0 Å². The van der Waals surface area contributed by atoms with Gasteiger partial charge in [-0.25, -0.2) is 13.1 Å². The standard InChI is InChI=1S/C19H34N2O4S/c1-13(2)14-6-8-16(9-7-14)25-12-18-17(20-26(3,23)24)10-11-21(18)19(22)15-4-5-15/h13-18,20H,4-12H2,1-3H3/t14?,16?,17-,18-/m0/s1. The van der Waals surface area contributed by atoms with Crippen LogP contribution >= 0.6 is 0 Å². The molecule has 2 saturated carbocycles. The minimum absolute atomic E-state index is 0.149. The molecule has 1 heterocycles. The summed E-state index contributed by atoms with van der Waals surface area (Å²) < 4.78 is 32.3. The molecule has 0 aromatic carbocycles. The minimum Gasteiger partial charge on any atom is -0.376 e. The van der Waals surface area contributed by atoms with Crippen LogP contribution < -0.4 is 4.72 Å². The molecule has 3 fully saturated rings. The summed E-state index contributed by atoms with van der Waals surface area (Å²) in [5, 5.41) is 0. The third-order valence-electron chi connectivity index (χ3n) is 6.29. The second-order valence-electron chi connectivity index (χ2n) is 8.77. The van der Waals surface area contributed by atoms with Gasteiger partial charge in [-0.2, -0.15) is 0 Å². The van der Waals surface area contributed by atoms with Crippen LogP contribution in [0.2, 0.25) is 0 Å². The molecule has 1 N–H and O–H groups in total. The van der Waals surface area contributed by atoms with Crippen molar-refractivity contribution in [3.05, 3.63) is 0 Å². The first-order chi connectivity index (χ1) is 12.2. The zero-order valence-corrected chi connectivity index (χ0v) is 17.1. The molecule has 0 radical (unpaired) electrons. The number of carbonyl (C=O) groups is 1. The van der Waals surface area contributed by atoms with E-state index < -0.39 is 10.0 Å².